The minimum Gasteiger partial charge on any atom is -0.476 e. The Morgan fingerprint density at radius 1 is 1.52 bits per heavy atom. The van der Waals surface area contributed by atoms with Crippen LogP contribution >= 0.6 is 11.3 Å². The molecule has 21 heavy (non-hydrogen) atoms. The number of thiazole rings is 1. The average Bonchev–Trinajstić information content (AvgIpc) is 3.02. The number of aryl methyl sites for hydroxylation is 1. The summed E-state index contributed by atoms with van der Waals surface area (Å²) >= 11 is 1.72. The summed E-state index contributed by atoms with van der Waals surface area (Å²) in [5, 5.41) is 19.7. The molecular weight excluding hydrogens is 290 g/mol. The number of hydrogen-bond donors (Lipinski definition) is 1. The maximum absolute atomic E-state index is 10.8. The zero-order valence-corrected chi connectivity index (χ0v) is 12.6. The van der Waals surface area contributed by atoms with Crippen LogP contribution in [0.5, 0.6) is 0 Å². The third-order valence-electron chi connectivity index (χ3n) is 3.49. The molecule has 3 rings (SSSR count). The SMILES string of the molecule is CCCc1nc(CN2CC(n3cc(C(=O)O)nn3)C2)cs1. The smallest absolute Gasteiger partial charge is 0.358 e. The molecule has 112 valence electrons. The van der Waals surface area contributed by atoms with Gasteiger partial charge in [0.15, 0.2) is 5.69 Å². The Balaban J connectivity index is 1.51. The summed E-state index contributed by atoms with van der Waals surface area (Å²) in [6.45, 7) is 4.70. The molecule has 1 aliphatic heterocycles. The maximum Gasteiger partial charge on any atom is 0.358 e. The minimum atomic E-state index is -1.04. The lowest BCUT2D eigenvalue weighted by Crippen LogP contribution is -2.47. The normalized spacial score (nSPS) is 16.0. The van der Waals surface area contributed by atoms with Gasteiger partial charge in [-0.05, 0) is 12.8 Å². The summed E-state index contributed by atoms with van der Waals surface area (Å²) in [5.74, 6) is -1.04. The van der Waals surface area contributed by atoms with Crippen molar-refractivity contribution in [3.63, 3.8) is 0 Å². The van der Waals surface area contributed by atoms with Crippen LogP contribution in [0, 0.1) is 0 Å². The van der Waals surface area contributed by atoms with Crippen LogP contribution in [0.2, 0.25) is 0 Å². The van der Waals surface area contributed by atoms with E-state index in [9.17, 15) is 4.79 Å². The number of nitrogens with zero attached hydrogens (tertiary/aromatic N) is 5. The highest BCUT2D eigenvalue weighted by Gasteiger charge is 2.30. The Bertz CT molecular complexity index is 632. The van der Waals surface area contributed by atoms with Crippen LogP contribution < -0.4 is 0 Å². The Kier molecular flexibility index (Phi) is 3.98. The number of likely N-dealkylation sites (tertiary alicyclic amines) is 1. The number of carboxylic acid groups (broad SMARTS) is 1. The fraction of sp³-hybridized carbons (Fsp3) is 0.538. The lowest BCUT2D eigenvalue weighted by molar-refractivity contribution is 0.0690. The first kappa shape index (κ1) is 14.2. The van der Waals surface area contributed by atoms with Crippen LogP contribution in [-0.2, 0) is 13.0 Å². The van der Waals surface area contributed by atoms with Gasteiger partial charge < -0.3 is 5.11 Å². The zero-order chi connectivity index (χ0) is 14.8. The molecule has 0 radical (unpaired) electrons. The molecule has 0 atom stereocenters. The molecule has 1 fully saturated rings. The van der Waals surface area contributed by atoms with Gasteiger partial charge in [-0.25, -0.2) is 14.5 Å². The molecule has 0 saturated carbocycles. The number of aromatic nitrogens is 4. The number of carboxylic acids is 1. The van der Waals surface area contributed by atoms with Gasteiger partial charge in [0, 0.05) is 25.0 Å². The second kappa shape index (κ2) is 5.90. The van der Waals surface area contributed by atoms with E-state index in [-0.39, 0.29) is 11.7 Å². The first-order valence-electron chi connectivity index (χ1n) is 6.96. The largest absolute Gasteiger partial charge is 0.476 e. The van der Waals surface area contributed by atoms with E-state index in [0.29, 0.717) is 0 Å². The molecule has 0 aromatic carbocycles. The van der Waals surface area contributed by atoms with Gasteiger partial charge in [0.1, 0.15) is 0 Å². The van der Waals surface area contributed by atoms with Crippen LogP contribution in [0.1, 0.15) is 40.6 Å². The number of hydrogen-bond acceptors (Lipinski definition) is 6. The van der Waals surface area contributed by atoms with Crippen molar-refractivity contribution in [2.24, 2.45) is 0 Å². The minimum absolute atomic E-state index is 0.00263. The molecule has 0 spiro atoms. The fourth-order valence-corrected chi connectivity index (χ4v) is 3.26. The molecule has 2 aromatic rings. The Hall–Kier alpha value is -1.80. The molecule has 0 amide bonds. The summed E-state index contributed by atoms with van der Waals surface area (Å²) in [5.41, 5.74) is 1.11. The third kappa shape index (κ3) is 3.11. The van der Waals surface area contributed by atoms with Crippen LogP contribution in [-0.4, -0.2) is 49.0 Å². The summed E-state index contributed by atoms with van der Waals surface area (Å²) in [7, 11) is 0. The van der Waals surface area contributed by atoms with E-state index in [1.807, 2.05) is 0 Å². The van der Waals surface area contributed by atoms with E-state index in [2.05, 4.69) is 32.5 Å². The first-order valence-corrected chi connectivity index (χ1v) is 7.84. The Morgan fingerprint density at radius 2 is 2.33 bits per heavy atom. The lowest BCUT2D eigenvalue weighted by Gasteiger charge is -2.38. The molecule has 0 bridgehead atoms. The molecule has 0 aliphatic carbocycles. The maximum atomic E-state index is 10.8. The highest BCUT2D eigenvalue weighted by molar-refractivity contribution is 7.09. The molecule has 8 heteroatoms. The van der Waals surface area contributed by atoms with Crippen molar-refractivity contribution in [3.05, 3.63) is 28.0 Å². The number of carbonyl (C=O) groups is 1. The van der Waals surface area contributed by atoms with Gasteiger partial charge in [-0.1, -0.05) is 12.1 Å². The number of rotatable bonds is 6. The molecule has 7 nitrogen and oxygen atoms in total. The van der Waals surface area contributed by atoms with Crippen molar-refractivity contribution in [2.75, 3.05) is 13.1 Å². The second-order valence-corrected chi connectivity index (χ2v) is 6.16. The fourth-order valence-electron chi connectivity index (χ4n) is 2.37. The third-order valence-corrected chi connectivity index (χ3v) is 4.45. The molecule has 3 heterocycles. The molecule has 1 N–H and O–H groups in total. The van der Waals surface area contributed by atoms with E-state index >= 15 is 0 Å². The van der Waals surface area contributed by atoms with E-state index < -0.39 is 5.97 Å². The molecular formula is C13H17N5O2S. The predicted octanol–water partition coefficient (Wildman–Crippen LogP) is 1.44. The number of aromatic carboxylic acids is 1. The Morgan fingerprint density at radius 3 is 3.00 bits per heavy atom. The van der Waals surface area contributed by atoms with Gasteiger partial charge in [-0.3, -0.25) is 4.90 Å². The predicted molar refractivity (Wildman–Crippen MR) is 77.4 cm³/mol. The highest BCUT2D eigenvalue weighted by Crippen LogP contribution is 2.23. The second-order valence-electron chi connectivity index (χ2n) is 5.22. The van der Waals surface area contributed by atoms with Crippen molar-refractivity contribution in [1.82, 2.24) is 24.9 Å². The van der Waals surface area contributed by atoms with E-state index in [1.54, 1.807) is 16.0 Å². The van der Waals surface area contributed by atoms with Crippen LogP contribution in [0.4, 0.5) is 0 Å². The lowest BCUT2D eigenvalue weighted by atomic mass is 10.1. The summed E-state index contributed by atoms with van der Waals surface area (Å²) in [4.78, 5) is 17.7. The molecule has 2 aromatic heterocycles. The molecule has 0 unspecified atom stereocenters. The van der Waals surface area contributed by atoms with E-state index in [4.69, 9.17) is 5.11 Å². The topological polar surface area (TPSA) is 84.1 Å². The summed E-state index contributed by atoms with van der Waals surface area (Å²) in [6, 6.07) is 0.208. The van der Waals surface area contributed by atoms with Crippen LogP contribution in [0.3, 0.4) is 0 Å². The van der Waals surface area contributed by atoms with Crippen molar-refractivity contribution in [2.45, 2.75) is 32.4 Å². The standard InChI is InChI=1S/C13H17N5O2S/c1-2-3-12-14-9(8-21-12)4-17-5-10(6-17)18-7-11(13(19)20)15-16-18/h7-8,10H,2-6H2,1H3,(H,19,20). The van der Waals surface area contributed by atoms with Gasteiger partial charge in [-0.15, -0.1) is 16.4 Å². The van der Waals surface area contributed by atoms with Gasteiger partial charge in [0.2, 0.25) is 0 Å². The zero-order valence-electron chi connectivity index (χ0n) is 11.8. The van der Waals surface area contributed by atoms with Gasteiger partial charge in [0.25, 0.3) is 0 Å². The van der Waals surface area contributed by atoms with Crippen molar-refractivity contribution < 1.29 is 9.90 Å². The van der Waals surface area contributed by atoms with Crippen LogP contribution in [0.15, 0.2) is 11.6 Å². The quantitative estimate of drug-likeness (QED) is 0.869. The van der Waals surface area contributed by atoms with Crippen LogP contribution in [0.25, 0.3) is 0 Å². The van der Waals surface area contributed by atoms with Gasteiger partial charge >= 0.3 is 5.97 Å². The molecule has 1 saturated heterocycles. The highest BCUT2D eigenvalue weighted by atomic mass is 32.1. The van der Waals surface area contributed by atoms with Crippen molar-refractivity contribution in [3.8, 4) is 0 Å². The summed E-state index contributed by atoms with van der Waals surface area (Å²) in [6.07, 6.45) is 3.66. The Labute approximate surface area is 126 Å². The monoisotopic (exact) mass is 307 g/mol. The van der Waals surface area contributed by atoms with Crippen molar-refractivity contribution in [1.29, 1.82) is 0 Å². The van der Waals surface area contributed by atoms with E-state index in [1.165, 1.54) is 11.2 Å². The average molecular weight is 307 g/mol. The summed E-state index contributed by atoms with van der Waals surface area (Å²) < 4.78 is 1.64. The first-order chi connectivity index (χ1) is 10.2. The van der Waals surface area contributed by atoms with Gasteiger partial charge in [0.05, 0.1) is 22.9 Å². The van der Waals surface area contributed by atoms with E-state index in [0.717, 1.165) is 38.2 Å². The van der Waals surface area contributed by atoms with Gasteiger partial charge in [-0.2, -0.15) is 0 Å². The van der Waals surface area contributed by atoms with Crippen molar-refractivity contribution >= 4 is 17.3 Å². The molecule has 1 aliphatic rings.